The smallest absolute Gasteiger partial charge is 0.416 e. The number of benzene rings is 1. The van der Waals surface area contributed by atoms with Gasteiger partial charge in [-0.15, -0.1) is 0 Å². The van der Waals surface area contributed by atoms with Crippen LogP contribution in [0.4, 0.5) is 18.0 Å². The molecule has 0 aliphatic heterocycles. The molecular formula is C17H21F3N2O3. The SMILES string of the molecule is CC(C)(C)OC(=O)NC(C(=O)NC1CC1)c1cccc(C(F)(F)F)c1. The monoisotopic (exact) mass is 358 g/mol. The second-order valence-electron chi connectivity index (χ2n) is 6.99. The molecule has 25 heavy (non-hydrogen) atoms. The van der Waals surface area contributed by atoms with Gasteiger partial charge in [0.15, 0.2) is 0 Å². The summed E-state index contributed by atoms with van der Waals surface area (Å²) in [4.78, 5) is 24.4. The summed E-state index contributed by atoms with van der Waals surface area (Å²) in [6.07, 6.45) is -3.79. The molecule has 1 saturated carbocycles. The van der Waals surface area contributed by atoms with E-state index in [1.54, 1.807) is 20.8 Å². The fraction of sp³-hybridized carbons (Fsp3) is 0.529. The molecule has 1 aliphatic carbocycles. The molecule has 1 aromatic rings. The first-order chi connectivity index (χ1) is 11.5. The third kappa shape index (κ3) is 5.95. The maximum absolute atomic E-state index is 12.9. The topological polar surface area (TPSA) is 67.4 Å². The fourth-order valence-electron chi connectivity index (χ4n) is 2.13. The molecule has 0 aromatic heterocycles. The summed E-state index contributed by atoms with van der Waals surface area (Å²) in [7, 11) is 0. The molecule has 2 rings (SSSR count). The summed E-state index contributed by atoms with van der Waals surface area (Å²) in [5.41, 5.74) is -1.64. The van der Waals surface area contributed by atoms with Gasteiger partial charge in [0.2, 0.25) is 5.91 Å². The first kappa shape index (κ1) is 19.1. The normalized spacial score (nSPS) is 16.1. The van der Waals surface area contributed by atoms with Crippen molar-refractivity contribution in [2.45, 2.75) is 57.5 Å². The fourth-order valence-corrected chi connectivity index (χ4v) is 2.13. The van der Waals surface area contributed by atoms with Gasteiger partial charge in [-0.1, -0.05) is 12.1 Å². The molecule has 5 nitrogen and oxygen atoms in total. The van der Waals surface area contributed by atoms with Crippen LogP contribution < -0.4 is 10.6 Å². The van der Waals surface area contributed by atoms with Gasteiger partial charge in [0.25, 0.3) is 0 Å². The third-order valence-corrected chi connectivity index (χ3v) is 3.39. The van der Waals surface area contributed by atoms with Gasteiger partial charge in [0, 0.05) is 6.04 Å². The van der Waals surface area contributed by atoms with Crippen LogP contribution in [-0.2, 0) is 15.7 Å². The number of ether oxygens (including phenoxy) is 1. The standard InChI is InChI=1S/C17H21F3N2O3/c1-16(2,3)25-15(24)22-13(14(23)21-12-7-8-12)10-5-4-6-11(9-10)17(18,19)20/h4-6,9,12-13H,7-8H2,1-3H3,(H,21,23)(H,22,24). The zero-order valence-electron chi connectivity index (χ0n) is 14.2. The number of hydrogen-bond acceptors (Lipinski definition) is 3. The Morgan fingerprint density at radius 1 is 1.20 bits per heavy atom. The first-order valence-electron chi connectivity index (χ1n) is 7.93. The highest BCUT2D eigenvalue weighted by molar-refractivity contribution is 5.87. The molecular weight excluding hydrogens is 337 g/mol. The van der Waals surface area contributed by atoms with Gasteiger partial charge in [0.1, 0.15) is 11.6 Å². The Hall–Kier alpha value is -2.25. The Bertz CT molecular complexity index is 649. The lowest BCUT2D eigenvalue weighted by atomic mass is 10.0. The maximum atomic E-state index is 12.9. The molecule has 1 fully saturated rings. The number of rotatable bonds is 4. The lowest BCUT2D eigenvalue weighted by molar-refractivity contribution is -0.137. The van der Waals surface area contributed by atoms with E-state index in [9.17, 15) is 22.8 Å². The molecule has 0 bridgehead atoms. The molecule has 0 heterocycles. The minimum atomic E-state index is -4.54. The Morgan fingerprint density at radius 2 is 1.84 bits per heavy atom. The quantitative estimate of drug-likeness (QED) is 0.865. The maximum Gasteiger partial charge on any atom is 0.416 e. The largest absolute Gasteiger partial charge is 0.444 e. The van der Waals surface area contributed by atoms with Crippen LogP contribution in [-0.4, -0.2) is 23.6 Å². The number of alkyl halides is 3. The van der Waals surface area contributed by atoms with E-state index in [0.717, 1.165) is 25.0 Å². The van der Waals surface area contributed by atoms with Crippen LogP contribution in [0.5, 0.6) is 0 Å². The first-order valence-corrected chi connectivity index (χ1v) is 7.93. The molecule has 2 N–H and O–H groups in total. The number of nitrogens with one attached hydrogen (secondary N) is 2. The zero-order valence-corrected chi connectivity index (χ0v) is 14.2. The third-order valence-electron chi connectivity index (χ3n) is 3.39. The number of alkyl carbamates (subject to hydrolysis) is 1. The summed E-state index contributed by atoms with van der Waals surface area (Å²) in [5, 5.41) is 5.05. The summed E-state index contributed by atoms with van der Waals surface area (Å²) in [6.45, 7) is 4.95. The van der Waals surface area contributed by atoms with Crippen molar-refractivity contribution >= 4 is 12.0 Å². The van der Waals surface area contributed by atoms with E-state index in [4.69, 9.17) is 4.74 Å². The molecule has 1 aromatic carbocycles. The van der Waals surface area contributed by atoms with Gasteiger partial charge < -0.3 is 15.4 Å². The zero-order chi connectivity index (χ0) is 18.8. The van der Waals surface area contributed by atoms with Crippen LogP contribution in [0.1, 0.15) is 50.8 Å². The highest BCUT2D eigenvalue weighted by Gasteiger charge is 2.34. The summed E-state index contributed by atoms with van der Waals surface area (Å²) < 4.78 is 43.9. The van der Waals surface area contributed by atoms with Crippen LogP contribution in [0.15, 0.2) is 24.3 Å². The lowest BCUT2D eigenvalue weighted by Gasteiger charge is -2.24. The molecule has 1 unspecified atom stereocenters. The van der Waals surface area contributed by atoms with Crippen LogP contribution in [0.3, 0.4) is 0 Å². The van der Waals surface area contributed by atoms with Gasteiger partial charge in [-0.3, -0.25) is 4.79 Å². The molecule has 2 amide bonds. The van der Waals surface area contributed by atoms with Gasteiger partial charge >= 0.3 is 12.3 Å². The Balaban J connectivity index is 2.24. The van der Waals surface area contributed by atoms with Crippen molar-refractivity contribution in [3.8, 4) is 0 Å². The number of halogens is 3. The van der Waals surface area contributed by atoms with Crippen LogP contribution in [0.25, 0.3) is 0 Å². The van der Waals surface area contributed by atoms with Crippen LogP contribution >= 0.6 is 0 Å². The average Bonchev–Trinajstić information content (AvgIpc) is 3.26. The van der Waals surface area contributed by atoms with E-state index < -0.39 is 35.4 Å². The lowest BCUT2D eigenvalue weighted by Crippen LogP contribution is -2.43. The predicted octanol–water partition coefficient (Wildman–Crippen LogP) is 3.55. The van der Waals surface area contributed by atoms with Crippen molar-refractivity contribution in [3.05, 3.63) is 35.4 Å². The summed E-state index contributed by atoms with van der Waals surface area (Å²) in [6, 6.07) is 3.07. The van der Waals surface area contributed by atoms with Crippen molar-refractivity contribution in [3.63, 3.8) is 0 Å². The van der Waals surface area contributed by atoms with E-state index in [-0.39, 0.29) is 11.6 Å². The number of carbonyl (C=O) groups excluding carboxylic acids is 2. The van der Waals surface area contributed by atoms with Gasteiger partial charge in [-0.05, 0) is 51.3 Å². The molecule has 0 spiro atoms. The van der Waals surface area contributed by atoms with E-state index in [2.05, 4.69) is 10.6 Å². The highest BCUT2D eigenvalue weighted by atomic mass is 19.4. The predicted molar refractivity (Wildman–Crippen MR) is 84.7 cm³/mol. The average molecular weight is 358 g/mol. The minimum Gasteiger partial charge on any atom is -0.444 e. The Morgan fingerprint density at radius 3 is 2.36 bits per heavy atom. The molecule has 0 saturated heterocycles. The molecule has 1 atom stereocenters. The van der Waals surface area contributed by atoms with Gasteiger partial charge in [0.05, 0.1) is 5.56 Å². The van der Waals surface area contributed by atoms with Crippen LogP contribution in [0, 0.1) is 0 Å². The summed E-state index contributed by atoms with van der Waals surface area (Å²) >= 11 is 0. The van der Waals surface area contributed by atoms with Crippen LogP contribution in [0.2, 0.25) is 0 Å². The summed E-state index contributed by atoms with van der Waals surface area (Å²) in [5.74, 6) is -0.562. The minimum absolute atomic E-state index is 0.00114. The highest BCUT2D eigenvalue weighted by Crippen LogP contribution is 2.31. The van der Waals surface area contributed by atoms with Gasteiger partial charge in [-0.25, -0.2) is 4.79 Å². The number of hydrogen-bond donors (Lipinski definition) is 2. The van der Waals surface area contributed by atoms with E-state index in [0.29, 0.717) is 0 Å². The van der Waals surface area contributed by atoms with E-state index >= 15 is 0 Å². The molecule has 138 valence electrons. The van der Waals surface area contributed by atoms with Gasteiger partial charge in [-0.2, -0.15) is 13.2 Å². The molecule has 0 radical (unpaired) electrons. The van der Waals surface area contributed by atoms with Crippen molar-refractivity contribution in [2.75, 3.05) is 0 Å². The second-order valence-corrected chi connectivity index (χ2v) is 6.99. The van der Waals surface area contributed by atoms with E-state index in [1.165, 1.54) is 12.1 Å². The van der Waals surface area contributed by atoms with Crippen molar-refractivity contribution in [1.29, 1.82) is 0 Å². The van der Waals surface area contributed by atoms with Crippen molar-refractivity contribution in [2.24, 2.45) is 0 Å². The number of amides is 2. The molecule has 1 aliphatic rings. The number of carbonyl (C=O) groups is 2. The Labute approximate surface area is 143 Å². The Kier molecular flexibility index (Phi) is 5.29. The molecule has 8 heteroatoms. The van der Waals surface area contributed by atoms with E-state index in [1.807, 2.05) is 0 Å². The van der Waals surface area contributed by atoms with Crippen molar-refractivity contribution < 1.29 is 27.5 Å². The second kappa shape index (κ2) is 6.93. The van der Waals surface area contributed by atoms with Crippen molar-refractivity contribution in [1.82, 2.24) is 10.6 Å².